The van der Waals surface area contributed by atoms with Gasteiger partial charge in [-0.25, -0.2) is 4.79 Å². The summed E-state index contributed by atoms with van der Waals surface area (Å²) >= 11 is 0. The first-order valence-electron chi connectivity index (χ1n) is 11.6. The van der Waals surface area contributed by atoms with Gasteiger partial charge in [0.1, 0.15) is 5.60 Å². The number of hydrogen-bond donors (Lipinski definition) is 2. The number of likely N-dealkylation sites (tertiary alicyclic amines) is 1. The van der Waals surface area contributed by atoms with E-state index in [0.29, 0.717) is 19.2 Å². The van der Waals surface area contributed by atoms with E-state index in [2.05, 4.69) is 22.5 Å². The summed E-state index contributed by atoms with van der Waals surface area (Å²) in [6.45, 7) is 13.2. The zero-order valence-corrected chi connectivity index (χ0v) is 22.1. The van der Waals surface area contributed by atoms with Gasteiger partial charge in [-0.2, -0.15) is 0 Å². The summed E-state index contributed by atoms with van der Waals surface area (Å²) in [4.78, 5) is 18.7. The molecule has 0 aromatic rings. The van der Waals surface area contributed by atoms with E-state index < -0.39 is 5.60 Å². The first kappa shape index (κ1) is 28.2. The van der Waals surface area contributed by atoms with Crippen LogP contribution in [0.15, 0.2) is 4.99 Å². The predicted octanol–water partition coefficient (Wildman–Crippen LogP) is 3.53. The van der Waals surface area contributed by atoms with Gasteiger partial charge in [0, 0.05) is 39.3 Å². The number of alkyl carbamates (subject to hydrolysis) is 1. The lowest BCUT2D eigenvalue weighted by Crippen LogP contribution is -2.47. The fourth-order valence-electron chi connectivity index (χ4n) is 3.61. The third kappa shape index (κ3) is 12.1. The van der Waals surface area contributed by atoms with E-state index in [-0.39, 0.29) is 36.2 Å². The average molecular weight is 555 g/mol. The molecule has 2 fully saturated rings. The van der Waals surface area contributed by atoms with Crippen LogP contribution in [0.25, 0.3) is 0 Å². The zero-order chi connectivity index (χ0) is 21.8. The molecule has 2 heterocycles. The second-order valence-electron chi connectivity index (χ2n) is 9.03. The first-order valence-corrected chi connectivity index (χ1v) is 11.6. The van der Waals surface area contributed by atoms with Crippen LogP contribution in [0.2, 0.25) is 0 Å². The van der Waals surface area contributed by atoms with Gasteiger partial charge in [0.05, 0.1) is 18.8 Å². The van der Waals surface area contributed by atoms with Crippen LogP contribution in [0.1, 0.15) is 66.2 Å². The van der Waals surface area contributed by atoms with Crippen molar-refractivity contribution in [2.75, 3.05) is 45.9 Å². The van der Waals surface area contributed by atoms with Crippen LogP contribution in [0.4, 0.5) is 4.79 Å². The Morgan fingerprint density at radius 2 is 1.90 bits per heavy atom. The van der Waals surface area contributed by atoms with E-state index >= 15 is 0 Å². The highest BCUT2D eigenvalue weighted by Gasteiger charge is 2.23. The number of carbonyl (C=O) groups excluding carboxylic acids is 1. The molecule has 1 amide bonds. The molecule has 0 saturated carbocycles. The number of rotatable bonds is 8. The lowest BCUT2D eigenvalue weighted by atomic mass is 10.1. The summed E-state index contributed by atoms with van der Waals surface area (Å²) in [5.74, 6) is 0.948. The number of nitrogens with zero attached hydrogens (tertiary/aromatic N) is 2. The smallest absolute Gasteiger partial charge is 0.407 e. The van der Waals surface area contributed by atoms with Crippen molar-refractivity contribution in [2.45, 2.75) is 84.0 Å². The highest BCUT2D eigenvalue weighted by Crippen LogP contribution is 2.18. The van der Waals surface area contributed by atoms with Gasteiger partial charge in [-0.15, -0.1) is 24.0 Å². The van der Waals surface area contributed by atoms with Crippen molar-refractivity contribution in [3.05, 3.63) is 0 Å². The van der Waals surface area contributed by atoms with Gasteiger partial charge in [0.2, 0.25) is 0 Å². The lowest BCUT2D eigenvalue weighted by molar-refractivity contribution is -0.0721. The van der Waals surface area contributed by atoms with Crippen molar-refractivity contribution in [3.8, 4) is 0 Å². The summed E-state index contributed by atoms with van der Waals surface area (Å²) in [5, 5.41) is 6.16. The molecule has 2 rings (SSSR count). The molecule has 1 unspecified atom stereocenters. The van der Waals surface area contributed by atoms with E-state index in [1.807, 2.05) is 20.8 Å². The number of guanidine groups is 1. The molecule has 182 valence electrons. The second kappa shape index (κ2) is 15.1. The lowest BCUT2D eigenvalue weighted by Gasteiger charge is -2.35. The molecule has 0 aliphatic carbocycles. The number of piperidine rings is 1. The Morgan fingerprint density at radius 1 is 1.16 bits per heavy atom. The van der Waals surface area contributed by atoms with Crippen LogP contribution in [0.5, 0.6) is 0 Å². The third-order valence-corrected chi connectivity index (χ3v) is 5.13. The minimum absolute atomic E-state index is 0. The Hall–Kier alpha value is -0.810. The van der Waals surface area contributed by atoms with Gasteiger partial charge < -0.3 is 29.7 Å². The predicted molar refractivity (Wildman–Crippen MR) is 134 cm³/mol. The highest BCUT2D eigenvalue weighted by atomic mass is 127. The van der Waals surface area contributed by atoms with Crippen LogP contribution in [-0.4, -0.2) is 80.7 Å². The van der Waals surface area contributed by atoms with E-state index in [1.165, 1.54) is 12.8 Å². The Kier molecular flexibility index (Phi) is 13.8. The standard InChI is InChI=1S/C22H42N4O4.HI/c1-5-23-20(24-12-8-13-25-21(27)30-22(2,3)4)26-14-10-18(11-15-26)29-17-19-9-6-7-16-28-19;/h18-19H,5-17H2,1-4H3,(H,23,24)(H,25,27);1H. The summed E-state index contributed by atoms with van der Waals surface area (Å²) < 4.78 is 17.1. The van der Waals surface area contributed by atoms with Crippen LogP contribution in [0, 0.1) is 0 Å². The van der Waals surface area contributed by atoms with E-state index in [4.69, 9.17) is 19.2 Å². The van der Waals surface area contributed by atoms with Gasteiger partial charge in [0.25, 0.3) is 0 Å². The van der Waals surface area contributed by atoms with Crippen molar-refractivity contribution >= 4 is 36.0 Å². The largest absolute Gasteiger partial charge is 0.444 e. The Morgan fingerprint density at radius 3 is 2.52 bits per heavy atom. The SMILES string of the molecule is CCNC(=NCCCNC(=O)OC(C)(C)C)N1CCC(OCC2CCCCO2)CC1.I. The summed E-state index contributed by atoms with van der Waals surface area (Å²) in [6, 6.07) is 0. The van der Waals surface area contributed by atoms with Gasteiger partial charge in [-0.05, 0) is 66.2 Å². The molecule has 2 N–H and O–H groups in total. The van der Waals surface area contributed by atoms with Gasteiger partial charge in [-0.1, -0.05) is 0 Å². The normalized spacial score (nSPS) is 20.7. The number of hydrogen-bond acceptors (Lipinski definition) is 5. The number of ether oxygens (including phenoxy) is 3. The minimum Gasteiger partial charge on any atom is -0.444 e. The molecular formula is C22H43IN4O4. The highest BCUT2D eigenvalue weighted by molar-refractivity contribution is 14.0. The molecule has 31 heavy (non-hydrogen) atoms. The van der Waals surface area contributed by atoms with Crippen LogP contribution < -0.4 is 10.6 Å². The molecule has 2 aliphatic heterocycles. The van der Waals surface area contributed by atoms with E-state index in [9.17, 15) is 4.79 Å². The molecule has 0 radical (unpaired) electrons. The molecule has 8 nitrogen and oxygen atoms in total. The van der Waals surface area contributed by atoms with E-state index in [0.717, 1.165) is 64.5 Å². The van der Waals surface area contributed by atoms with Crippen molar-refractivity contribution in [2.24, 2.45) is 4.99 Å². The summed E-state index contributed by atoms with van der Waals surface area (Å²) in [7, 11) is 0. The second-order valence-corrected chi connectivity index (χ2v) is 9.03. The number of nitrogens with one attached hydrogen (secondary N) is 2. The number of aliphatic imine (C=N–C) groups is 1. The number of amides is 1. The molecule has 2 aliphatic rings. The molecule has 0 aromatic carbocycles. The molecule has 1 atom stereocenters. The minimum atomic E-state index is -0.473. The average Bonchev–Trinajstić information content (AvgIpc) is 2.71. The maximum Gasteiger partial charge on any atom is 0.407 e. The topological polar surface area (TPSA) is 84.4 Å². The van der Waals surface area contributed by atoms with Crippen molar-refractivity contribution in [1.82, 2.24) is 15.5 Å². The van der Waals surface area contributed by atoms with Crippen LogP contribution in [-0.2, 0) is 14.2 Å². The molecule has 0 bridgehead atoms. The van der Waals surface area contributed by atoms with Crippen LogP contribution >= 0.6 is 24.0 Å². The molecule has 2 saturated heterocycles. The number of carbonyl (C=O) groups is 1. The van der Waals surface area contributed by atoms with Gasteiger partial charge >= 0.3 is 6.09 Å². The fraction of sp³-hybridized carbons (Fsp3) is 0.909. The van der Waals surface area contributed by atoms with Crippen molar-refractivity contribution in [1.29, 1.82) is 0 Å². The Balaban J connectivity index is 0.00000480. The molecule has 0 aromatic heterocycles. The quantitative estimate of drug-likeness (QED) is 0.207. The third-order valence-electron chi connectivity index (χ3n) is 5.13. The summed E-state index contributed by atoms with van der Waals surface area (Å²) in [5.41, 5.74) is -0.473. The first-order chi connectivity index (χ1) is 14.4. The van der Waals surface area contributed by atoms with Gasteiger partial charge in [-0.3, -0.25) is 4.99 Å². The maximum absolute atomic E-state index is 11.7. The maximum atomic E-state index is 11.7. The Bertz CT molecular complexity index is 528. The molecule has 9 heteroatoms. The summed E-state index contributed by atoms with van der Waals surface area (Å²) in [6.07, 6.45) is 6.57. The number of halogens is 1. The fourth-order valence-corrected chi connectivity index (χ4v) is 3.61. The monoisotopic (exact) mass is 554 g/mol. The van der Waals surface area contributed by atoms with Crippen LogP contribution in [0.3, 0.4) is 0 Å². The molecular weight excluding hydrogens is 511 g/mol. The van der Waals surface area contributed by atoms with Crippen molar-refractivity contribution in [3.63, 3.8) is 0 Å². The van der Waals surface area contributed by atoms with Gasteiger partial charge in [0.15, 0.2) is 5.96 Å². The van der Waals surface area contributed by atoms with E-state index in [1.54, 1.807) is 0 Å². The zero-order valence-electron chi connectivity index (χ0n) is 19.8. The Labute approximate surface area is 205 Å². The molecule has 0 spiro atoms. The van der Waals surface area contributed by atoms with Crippen molar-refractivity contribution < 1.29 is 19.0 Å².